The molecule has 0 saturated heterocycles. The van der Waals surface area contributed by atoms with Crippen molar-refractivity contribution in [3.63, 3.8) is 0 Å². The second-order valence-electron chi connectivity index (χ2n) is 8.39. The molecule has 0 aliphatic heterocycles. The van der Waals surface area contributed by atoms with Crippen LogP contribution in [-0.4, -0.2) is 33.5 Å². The highest BCUT2D eigenvalue weighted by atomic mass is 32.1. The molecule has 2 aromatic carbocycles. The van der Waals surface area contributed by atoms with Crippen LogP contribution >= 0.6 is 11.3 Å². The van der Waals surface area contributed by atoms with E-state index < -0.39 is 48.5 Å². The van der Waals surface area contributed by atoms with E-state index in [1.807, 2.05) is 4.98 Å². The summed E-state index contributed by atoms with van der Waals surface area (Å²) in [6.07, 6.45) is -11.0. The summed E-state index contributed by atoms with van der Waals surface area (Å²) >= 11 is 0.838. The Labute approximate surface area is 215 Å². The lowest BCUT2D eigenvalue weighted by Gasteiger charge is -2.19. The maximum Gasteiger partial charge on any atom is 0.573 e. The zero-order chi connectivity index (χ0) is 27.8. The van der Waals surface area contributed by atoms with Crippen LogP contribution in [0.2, 0.25) is 0 Å². The summed E-state index contributed by atoms with van der Waals surface area (Å²) in [5, 5.41) is 9.61. The van der Waals surface area contributed by atoms with Crippen LogP contribution in [0.5, 0.6) is 11.5 Å². The van der Waals surface area contributed by atoms with Gasteiger partial charge in [-0.05, 0) is 48.7 Å². The lowest BCUT2D eigenvalue weighted by molar-refractivity contribution is -0.275. The van der Waals surface area contributed by atoms with Gasteiger partial charge in [-0.2, -0.15) is 0 Å². The van der Waals surface area contributed by atoms with Crippen LogP contribution < -0.4 is 20.7 Å². The lowest BCUT2D eigenvalue weighted by Crippen LogP contribution is -2.35. The first kappa shape index (κ1) is 27.3. The van der Waals surface area contributed by atoms with Crippen LogP contribution in [0.25, 0.3) is 20.7 Å². The molecule has 4 aromatic rings. The van der Waals surface area contributed by atoms with Crippen molar-refractivity contribution in [2.24, 2.45) is 0 Å². The topological polar surface area (TPSA) is 93.5 Å². The predicted molar refractivity (Wildman–Crippen MR) is 131 cm³/mol. The molecule has 4 rings (SSSR count). The Morgan fingerprint density at radius 3 is 2.39 bits per heavy atom. The number of H-pyrrole nitrogens is 1. The molecule has 202 valence electrons. The van der Waals surface area contributed by atoms with E-state index in [9.17, 15) is 36.6 Å². The summed E-state index contributed by atoms with van der Waals surface area (Å²) in [4.78, 5) is 27.2. The fraction of sp³-hybridized carbons (Fsp3) is 0.280. The van der Waals surface area contributed by atoms with Crippen molar-refractivity contribution in [2.75, 3.05) is 0 Å². The number of fused-ring (bicyclic) bond motifs is 1. The van der Waals surface area contributed by atoms with E-state index in [2.05, 4.69) is 4.74 Å². The van der Waals surface area contributed by atoms with E-state index in [1.54, 1.807) is 37.3 Å². The highest BCUT2D eigenvalue weighted by molar-refractivity contribution is 7.22. The van der Waals surface area contributed by atoms with Gasteiger partial charge < -0.3 is 14.6 Å². The number of alkyl halides is 5. The summed E-state index contributed by atoms with van der Waals surface area (Å²) in [7, 11) is 0. The largest absolute Gasteiger partial charge is 0.573 e. The van der Waals surface area contributed by atoms with Gasteiger partial charge in [0.2, 0.25) is 0 Å². The van der Waals surface area contributed by atoms with Crippen molar-refractivity contribution in [1.82, 2.24) is 9.55 Å². The highest BCUT2D eigenvalue weighted by Crippen LogP contribution is 2.42. The van der Waals surface area contributed by atoms with Crippen molar-refractivity contribution in [1.29, 1.82) is 0 Å². The first-order valence-corrected chi connectivity index (χ1v) is 12.0. The van der Waals surface area contributed by atoms with Gasteiger partial charge in [0, 0.05) is 4.88 Å². The molecule has 0 spiro atoms. The van der Waals surface area contributed by atoms with Crippen molar-refractivity contribution >= 4 is 21.6 Å². The molecule has 13 heteroatoms. The number of hydrogen-bond acceptors (Lipinski definition) is 6. The summed E-state index contributed by atoms with van der Waals surface area (Å²) in [5.74, 6) is -0.815. The van der Waals surface area contributed by atoms with Crippen molar-refractivity contribution in [3.8, 4) is 21.9 Å². The number of benzene rings is 2. The van der Waals surface area contributed by atoms with Crippen molar-refractivity contribution in [2.45, 2.75) is 45.4 Å². The fourth-order valence-electron chi connectivity index (χ4n) is 3.92. The number of aromatic amines is 1. The molecular weight excluding hydrogens is 535 g/mol. The van der Waals surface area contributed by atoms with Crippen LogP contribution in [0.3, 0.4) is 0 Å². The van der Waals surface area contributed by atoms with Gasteiger partial charge in [0.05, 0.1) is 11.9 Å². The van der Waals surface area contributed by atoms with E-state index in [-0.39, 0.29) is 21.5 Å². The quantitative estimate of drug-likeness (QED) is 0.284. The smallest absolute Gasteiger partial charge is 0.482 e. The minimum absolute atomic E-state index is 0.0117. The van der Waals surface area contributed by atoms with E-state index in [4.69, 9.17) is 4.74 Å². The predicted octanol–water partition coefficient (Wildman–Crippen LogP) is 5.39. The Morgan fingerprint density at radius 1 is 1.08 bits per heavy atom. The Balaban J connectivity index is 1.82. The van der Waals surface area contributed by atoms with Crippen molar-refractivity contribution in [3.05, 3.63) is 80.5 Å². The maximum absolute atomic E-state index is 13.3. The van der Waals surface area contributed by atoms with Gasteiger partial charge in [0.15, 0.2) is 11.5 Å². The Kier molecular flexibility index (Phi) is 7.61. The average molecular weight is 557 g/mol. The summed E-state index contributed by atoms with van der Waals surface area (Å²) in [6, 6.07) is 12.7. The first-order chi connectivity index (χ1) is 17.9. The normalized spacial score (nSPS) is 13.6. The van der Waals surface area contributed by atoms with E-state index in [1.165, 1.54) is 19.1 Å². The van der Waals surface area contributed by atoms with Crippen LogP contribution in [0, 0.1) is 6.92 Å². The van der Waals surface area contributed by atoms with E-state index >= 15 is 0 Å². The fourth-order valence-corrected chi connectivity index (χ4v) is 5.23. The molecule has 0 aliphatic rings. The molecule has 0 bridgehead atoms. The molecule has 0 aliphatic carbocycles. The van der Waals surface area contributed by atoms with Gasteiger partial charge in [0.25, 0.3) is 12.0 Å². The molecule has 0 amide bonds. The van der Waals surface area contributed by atoms with Gasteiger partial charge in [-0.1, -0.05) is 30.3 Å². The highest BCUT2D eigenvalue weighted by Gasteiger charge is 2.33. The minimum atomic E-state index is -5.04. The standard InChI is InChI=1S/C25H21F5N2O5S/c1-12-19-22(34)31-24(35)32(11-16(33)21(26)27)23(19)38-20(12)15-8-9-17(18(10-15)37-25(28,29)30)36-13(2)14-6-4-3-5-7-14/h3-10,13,16,21,33H,11H2,1-2H3,(H,31,34,35). The Bertz CT molecular complexity index is 1560. The molecular formula is C25H21F5N2O5S. The summed E-state index contributed by atoms with van der Waals surface area (Å²) in [5.41, 5.74) is -0.574. The minimum Gasteiger partial charge on any atom is -0.482 e. The Hall–Kier alpha value is -3.71. The third kappa shape index (κ3) is 5.73. The number of aryl methyl sites for hydroxylation is 1. The summed E-state index contributed by atoms with van der Waals surface area (Å²) in [6.45, 7) is 2.37. The zero-order valence-electron chi connectivity index (χ0n) is 19.9. The summed E-state index contributed by atoms with van der Waals surface area (Å²) < 4.78 is 76.4. The van der Waals surface area contributed by atoms with Crippen LogP contribution in [0.15, 0.2) is 58.1 Å². The van der Waals surface area contributed by atoms with Crippen LogP contribution in [0.4, 0.5) is 22.0 Å². The number of thiophene rings is 1. The SMILES string of the molecule is Cc1c(-c2ccc(OC(C)c3ccccc3)c(OC(F)(F)F)c2)sc2c1c(=O)[nH]c(=O)n2CC(O)C(F)F. The number of ether oxygens (including phenoxy) is 2. The third-order valence-corrected chi connectivity index (χ3v) is 7.09. The molecule has 7 nitrogen and oxygen atoms in total. The number of aliphatic hydroxyl groups excluding tert-OH is 1. The van der Waals surface area contributed by atoms with Crippen LogP contribution in [-0.2, 0) is 6.54 Å². The molecule has 0 saturated carbocycles. The number of nitrogens with one attached hydrogen (secondary N) is 1. The van der Waals surface area contributed by atoms with E-state index in [0.717, 1.165) is 27.5 Å². The zero-order valence-corrected chi connectivity index (χ0v) is 20.7. The lowest BCUT2D eigenvalue weighted by atomic mass is 10.1. The number of nitrogens with zero attached hydrogens (tertiary/aromatic N) is 1. The number of aliphatic hydroxyl groups is 1. The monoisotopic (exact) mass is 556 g/mol. The number of aromatic nitrogens is 2. The second-order valence-corrected chi connectivity index (χ2v) is 9.39. The number of hydrogen-bond donors (Lipinski definition) is 2. The average Bonchev–Trinajstić information content (AvgIpc) is 3.19. The molecule has 2 heterocycles. The van der Waals surface area contributed by atoms with Gasteiger partial charge in [-0.15, -0.1) is 24.5 Å². The van der Waals surface area contributed by atoms with Gasteiger partial charge in [-0.3, -0.25) is 14.3 Å². The van der Waals surface area contributed by atoms with E-state index in [0.29, 0.717) is 10.4 Å². The number of rotatable bonds is 8. The van der Waals surface area contributed by atoms with Crippen LogP contribution in [0.1, 0.15) is 24.2 Å². The van der Waals surface area contributed by atoms with Gasteiger partial charge >= 0.3 is 12.1 Å². The van der Waals surface area contributed by atoms with Gasteiger partial charge in [0.1, 0.15) is 17.0 Å². The molecule has 38 heavy (non-hydrogen) atoms. The molecule has 2 unspecified atom stereocenters. The second kappa shape index (κ2) is 10.6. The van der Waals surface area contributed by atoms with Gasteiger partial charge in [-0.25, -0.2) is 13.6 Å². The molecule has 0 radical (unpaired) electrons. The first-order valence-electron chi connectivity index (χ1n) is 11.2. The van der Waals surface area contributed by atoms with Crippen molar-refractivity contribution < 1.29 is 36.5 Å². The molecule has 0 fully saturated rings. The molecule has 2 atom stereocenters. The maximum atomic E-state index is 13.3. The number of halogens is 5. The molecule has 2 N–H and O–H groups in total. The Morgan fingerprint density at radius 2 is 1.76 bits per heavy atom. The third-order valence-electron chi connectivity index (χ3n) is 5.73. The molecule has 2 aromatic heterocycles.